The number of aromatic hydroxyl groups is 1. The minimum atomic E-state index is 0.345. The maximum absolute atomic E-state index is 9.19. The maximum Gasteiger partial charge on any atom is 0.119 e. The number of hydrogen-bond acceptors (Lipinski definition) is 1. The van der Waals surface area contributed by atoms with Crippen LogP contribution in [0.2, 0.25) is 0 Å². The molecule has 0 spiro atoms. The minimum Gasteiger partial charge on any atom is -0.508 e. The standard InChI is InChI=1S/C8H9BrO/c1-5-3-4-7(10)6(2)8(5)9/h3-4,10H,1-2H3. The van der Waals surface area contributed by atoms with E-state index >= 15 is 0 Å². The molecule has 2 heteroatoms. The van der Waals surface area contributed by atoms with Crippen molar-refractivity contribution in [3.05, 3.63) is 27.7 Å². The average molecular weight is 201 g/mol. The van der Waals surface area contributed by atoms with Crippen LogP contribution in [0.25, 0.3) is 0 Å². The minimum absolute atomic E-state index is 0.345. The van der Waals surface area contributed by atoms with Crippen LogP contribution < -0.4 is 0 Å². The van der Waals surface area contributed by atoms with Gasteiger partial charge in [-0.2, -0.15) is 0 Å². The van der Waals surface area contributed by atoms with Crippen LogP contribution in [0, 0.1) is 13.8 Å². The van der Waals surface area contributed by atoms with Crippen molar-refractivity contribution in [3.63, 3.8) is 0 Å². The summed E-state index contributed by atoms with van der Waals surface area (Å²) in [6.45, 7) is 3.88. The molecule has 1 nitrogen and oxygen atoms in total. The highest BCUT2D eigenvalue weighted by molar-refractivity contribution is 9.10. The molecule has 0 atom stereocenters. The Bertz CT molecular complexity index is 229. The summed E-state index contributed by atoms with van der Waals surface area (Å²) < 4.78 is 0.993. The van der Waals surface area contributed by atoms with Gasteiger partial charge in [0.2, 0.25) is 0 Å². The Kier molecular flexibility index (Phi) is 2.00. The first-order valence-electron chi connectivity index (χ1n) is 3.07. The van der Waals surface area contributed by atoms with E-state index < -0.39 is 0 Å². The predicted octanol–water partition coefficient (Wildman–Crippen LogP) is 2.77. The molecule has 0 aliphatic rings. The topological polar surface area (TPSA) is 20.2 Å². The summed E-state index contributed by atoms with van der Waals surface area (Å²) >= 11 is 3.37. The molecular weight excluding hydrogens is 192 g/mol. The normalized spacial score (nSPS) is 9.90. The summed E-state index contributed by atoms with van der Waals surface area (Å²) in [7, 11) is 0. The lowest BCUT2D eigenvalue weighted by Gasteiger charge is -2.03. The molecule has 1 aromatic rings. The smallest absolute Gasteiger partial charge is 0.119 e. The van der Waals surface area contributed by atoms with Gasteiger partial charge in [-0.1, -0.05) is 22.0 Å². The highest BCUT2D eigenvalue weighted by Gasteiger charge is 2.01. The Hall–Kier alpha value is -0.500. The van der Waals surface area contributed by atoms with Gasteiger partial charge in [-0.05, 0) is 25.5 Å². The van der Waals surface area contributed by atoms with Gasteiger partial charge in [-0.25, -0.2) is 0 Å². The quantitative estimate of drug-likeness (QED) is 0.684. The first-order chi connectivity index (χ1) is 4.63. The summed E-state index contributed by atoms with van der Waals surface area (Å²) in [5, 5.41) is 9.19. The Labute approximate surface area is 68.8 Å². The maximum atomic E-state index is 9.19. The van der Waals surface area contributed by atoms with E-state index in [4.69, 9.17) is 0 Å². The summed E-state index contributed by atoms with van der Waals surface area (Å²) in [5.41, 5.74) is 2.05. The van der Waals surface area contributed by atoms with Crippen LogP contribution in [0.4, 0.5) is 0 Å². The Morgan fingerprint density at radius 3 is 2.40 bits per heavy atom. The lowest BCUT2D eigenvalue weighted by molar-refractivity contribution is 0.470. The van der Waals surface area contributed by atoms with Crippen LogP contribution in [0.3, 0.4) is 0 Å². The zero-order chi connectivity index (χ0) is 7.72. The van der Waals surface area contributed by atoms with Gasteiger partial charge in [-0.3, -0.25) is 0 Å². The Balaban J connectivity index is 3.34. The van der Waals surface area contributed by atoms with Gasteiger partial charge < -0.3 is 5.11 Å². The molecule has 0 fully saturated rings. The van der Waals surface area contributed by atoms with Crippen LogP contribution in [0.15, 0.2) is 16.6 Å². The SMILES string of the molecule is Cc1ccc(O)c(C)c1Br. The van der Waals surface area contributed by atoms with Crippen LogP contribution in [0.5, 0.6) is 5.75 Å². The number of rotatable bonds is 0. The molecule has 1 N–H and O–H groups in total. The Morgan fingerprint density at radius 2 is 1.90 bits per heavy atom. The van der Waals surface area contributed by atoms with Gasteiger partial charge in [-0.15, -0.1) is 0 Å². The predicted molar refractivity (Wildman–Crippen MR) is 45.3 cm³/mol. The van der Waals surface area contributed by atoms with Crippen molar-refractivity contribution in [1.29, 1.82) is 0 Å². The lowest BCUT2D eigenvalue weighted by Crippen LogP contribution is -1.80. The molecule has 0 unspecified atom stereocenters. The summed E-state index contributed by atoms with van der Waals surface area (Å²) in [5.74, 6) is 0.345. The third-order valence-electron chi connectivity index (χ3n) is 1.55. The van der Waals surface area contributed by atoms with Crippen molar-refractivity contribution in [2.24, 2.45) is 0 Å². The zero-order valence-corrected chi connectivity index (χ0v) is 7.57. The van der Waals surface area contributed by atoms with Gasteiger partial charge in [0.25, 0.3) is 0 Å². The van der Waals surface area contributed by atoms with Crippen LogP contribution in [-0.4, -0.2) is 5.11 Å². The van der Waals surface area contributed by atoms with E-state index in [1.165, 1.54) is 0 Å². The molecule has 0 aromatic heterocycles. The van der Waals surface area contributed by atoms with Crippen molar-refractivity contribution >= 4 is 15.9 Å². The molecule has 1 aromatic carbocycles. The van der Waals surface area contributed by atoms with Crippen LogP contribution in [0.1, 0.15) is 11.1 Å². The van der Waals surface area contributed by atoms with Gasteiger partial charge in [0.05, 0.1) is 0 Å². The summed E-state index contributed by atoms with van der Waals surface area (Å²) in [6.07, 6.45) is 0. The lowest BCUT2D eigenvalue weighted by atomic mass is 10.1. The zero-order valence-electron chi connectivity index (χ0n) is 5.98. The number of phenolic OH excluding ortho intramolecular Hbond substituents is 1. The number of halogens is 1. The fraction of sp³-hybridized carbons (Fsp3) is 0.250. The molecule has 0 bridgehead atoms. The van der Waals surface area contributed by atoms with Crippen molar-refractivity contribution in [2.75, 3.05) is 0 Å². The molecular formula is C8H9BrO. The van der Waals surface area contributed by atoms with Gasteiger partial charge in [0.15, 0.2) is 0 Å². The van der Waals surface area contributed by atoms with E-state index in [1.54, 1.807) is 6.07 Å². The molecule has 0 saturated heterocycles. The molecule has 0 aliphatic carbocycles. The number of aryl methyl sites for hydroxylation is 1. The number of hydrogen-bond donors (Lipinski definition) is 1. The third kappa shape index (κ3) is 1.16. The van der Waals surface area contributed by atoms with Crippen LogP contribution >= 0.6 is 15.9 Å². The van der Waals surface area contributed by atoms with Crippen molar-refractivity contribution in [3.8, 4) is 5.75 Å². The van der Waals surface area contributed by atoms with Crippen molar-refractivity contribution < 1.29 is 5.11 Å². The second-order valence-electron chi connectivity index (χ2n) is 2.34. The van der Waals surface area contributed by atoms with Gasteiger partial charge in [0.1, 0.15) is 5.75 Å². The molecule has 0 aliphatic heterocycles. The number of benzene rings is 1. The second kappa shape index (κ2) is 2.62. The fourth-order valence-electron chi connectivity index (χ4n) is 0.810. The molecule has 0 radical (unpaired) electrons. The first kappa shape index (κ1) is 7.61. The van der Waals surface area contributed by atoms with E-state index in [1.807, 2.05) is 19.9 Å². The Morgan fingerprint density at radius 1 is 1.30 bits per heavy atom. The summed E-state index contributed by atoms with van der Waals surface area (Å²) in [6, 6.07) is 3.59. The largest absolute Gasteiger partial charge is 0.508 e. The molecule has 54 valence electrons. The second-order valence-corrected chi connectivity index (χ2v) is 3.13. The van der Waals surface area contributed by atoms with Crippen molar-refractivity contribution in [1.82, 2.24) is 0 Å². The molecule has 1 rings (SSSR count). The van der Waals surface area contributed by atoms with Crippen molar-refractivity contribution in [2.45, 2.75) is 13.8 Å². The molecule has 10 heavy (non-hydrogen) atoms. The van der Waals surface area contributed by atoms with E-state index in [0.717, 1.165) is 15.6 Å². The van der Waals surface area contributed by atoms with E-state index in [0.29, 0.717) is 5.75 Å². The average Bonchev–Trinajstić information content (AvgIpc) is 1.93. The highest BCUT2D eigenvalue weighted by Crippen LogP contribution is 2.27. The molecule has 0 amide bonds. The molecule has 0 saturated carbocycles. The van der Waals surface area contributed by atoms with E-state index in [2.05, 4.69) is 15.9 Å². The highest BCUT2D eigenvalue weighted by atomic mass is 79.9. The monoisotopic (exact) mass is 200 g/mol. The third-order valence-corrected chi connectivity index (χ3v) is 2.77. The molecule has 0 heterocycles. The van der Waals surface area contributed by atoms with E-state index in [-0.39, 0.29) is 0 Å². The van der Waals surface area contributed by atoms with Gasteiger partial charge in [0, 0.05) is 10.0 Å². The summed E-state index contributed by atoms with van der Waals surface area (Å²) in [4.78, 5) is 0. The fourth-order valence-corrected chi connectivity index (χ4v) is 1.15. The first-order valence-corrected chi connectivity index (χ1v) is 3.87. The van der Waals surface area contributed by atoms with E-state index in [9.17, 15) is 5.11 Å². The van der Waals surface area contributed by atoms with Gasteiger partial charge >= 0.3 is 0 Å². The van der Waals surface area contributed by atoms with Crippen LogP contribution in [-0.2, 0) is 0 Å². The number of phenols is 1.